The fourth-order valence-corrected chi connectivity index (χ4v) is 4.80. The molecule has 7 heteroatoms. The predicted octanol–water partition coefficient (Wildman–Crippen LogP) is 6.35. The third-order valence-corrected chi connectivity index (χ3v) is 6.51. The predicted molar refractivity (Wildman–Crippen MR) is 148 cm³/mol. The maximum absolute atomic E-state index is 5.20. The van der Waals surface area contributed by atoms with Crippen molar-refractivity contribution in [1.82, 2.24) is 18.3 Å². The van der Waals surface area contributed by atoms with Crippen molar-refractivity contribution in [1.29, 1.82) is 0 Å². The van der Waals surface area contributed by atoms with Gasteiger partial charge in [-0.05, 0) is 88.5 Å². The maximum atomic E-state index is 5.20. The van der Waals surface area contributed by atoms with Crippen LogP contribution in [0, 0.1) is 33.1 Å². The number of aromatic nitrogens is 4. The Morgan fingerprint density at radius 1 is 0.571 bits per heavy atom. The molecule has 0 aliphatic rings. The Morgan fingerprint density at radius 2 is 0.829 bits per heavy atom. The number of guanidine groups is 1. The van der Waals surface area contributed by atoms with E-state index >= 15 is 0 Å². The van der Waals surface area contributed by atoms with Crippen molar-refractivity contribution >= 4 is 5.96 Å². The normalized spacial score (nSPS) is 12.4. The highest BCUT2D eigenvalue weighted by atomic mass is 15.3. The number of hydrogen-bond donors (Lipinski definition) is 0. The first-order valence-corrected chi connectivity index (χ1v) is 13.2. The Labute approximate surface area is 213 Å². The van der Waals surface area contributed by atoms with Crippen LogP contribution in [-0.2, 0) is 0 Å². The monoisotopic (exact) mass is 485 g/mol. The van der Waals surface area contributed by atoms with Crippen molar-refractivity contribution in [3.8, 4) is 0 Å². The van der Waals surface area contributed by atoms with Gasteiger partial charge in [0.05, 0.1) is 0 Å². The van der Waals surface area contributed by atoms with Gasteiger partial charge in [-0.3, -0.25) is 0 Å². The molecule has 0 bridgehead atoms. The van der Waals surface area contributed by atoms with Gasteiger partial charge in [0.2, 0.25) is 11.2 Å². The molecule has 0 atom stereocenters. The maximum Gasteiger partial charge on any atom is 0.251 e. The Hall–Kier alpha value is -2.31. The van der Waals surface area contributed by atoms with Crippen LogP contribution < -0.4 is 11.2 Å². The lowest BCUT2D eigenvalue weighted by atomic mass is 9.97. The standard InChI is InChI=1S/C28H51N7/c1-17(2)32-21(9)22(10)33(18(3)4)26(32)30-25(29-16-28(13,14)15)31-27-34(19(5)6)23(11)24(12)35(27)20(7)8/h17-20H,16H2,1-15H3. The second kappa shape index (κ2) is 10.8. The van der Waals surface area contributed by atoms with Crippen molar-refractivity contribution in [3.05, 3.63) is 34.0 Å². The van der Waals surface area contributed by atoms with E-state index in [1.54, 1.807) is 0 Å². The first kappa shape index (κ1) is 28.9. The first-order chi connectivity index (χ1) is 16.0. The zero-order valence-electron chi connectivity index (χ0n) is 25.1. The van der Waals surface area contributed by atoms with Gasteiger partial charge in [-0.2, -0.15) is 9.98 Å². The summed E-state index contributed by atoms with van der Waals surface area (Å²) in [4.78, 5) is 15.4. The summed E-state index contributed by atoms with van der Waals surface area (Å²) in [5.74, 6) is 0.530. The van der Waals surface area contributed by atoms with Gasteiger partial charge in [-0.25, -0.2) is 4.99 Å². The highest BCUT2D eigenvalue weighted by Crippen LogP contribution is 2.18. The van der Waals surface area contributed by atoms with E-state index in [0.29, 0.717) is 12.5 Å². The number of imidazole rings is 2. The fraction of sp³-hybridized carbons (Fsp3) is 0.750. The summed E-state index contributed by atoms with van der Waals surface area (Å²) in [5, 5.41) is 0. The zero-order chi connectivity index (χ0) is 27.0. The van der Waals surface area contributed by atoms with Crippen LogP contribution in [0.15, 0.2) is 15.0 Å². The van der Waals surface area contributed by atoms with E-state index in [2.05, 4.69) is 122 Å². The minimum atomic E-state index is 0.0378. The van der Waals surface area contributed by atoms with Gasteiger partial charge >= 0.3 is 0 Å². The first-order valence-electron chi connectivity index (χ1n) is 13.2. The molecule has 35 heavy (non-hydrogen) atoms. The quantitative estimate of drug-likeness (QED) is 0.350. The molecule has 0 fully saturated rings. The van der Waals surface area contributed by atoms with Crippen molar-refractivity contribution in [3.63, 3.8) is 0 Å². The minimum absolute atomic E-state index is 0.0378. The second-order valence-electron chi connectivity index (χ2n) is 12.2. The Bertz CT molecular complexity index is 1040. The average molecular weight is 486 g/mol. The lowest BCUT2D eigenvalue weighted by Crippen LogP contribution is -2.33. The molecule has 0 N–H and O–H groups in total. The summed E-state index contributed by atoms with van der Waals surface area (Å²) >= 11 is 0. The molecule has 2 aromatic heterocycles. The largest absolute Gasteiger partial charge is 0.312 e. The van der Waals surface area contributed by atoms with Crippen LogP contribution in [0.5, 0.6) is 0 Å². The second-order valence-corrected chi connectivity index (χ2v) is 12.2. The fourth-order valence-electron chi connectivity index (χ4n) is 4.80. The van der Waals surface area contributed by atoms with E-state index in [1.165, 1.54) is 22.8 Å². The molecule has 0 radical (unpaired) electrons. The molecule has 2 rings (SSSR count). The third-order valence-electron chi connectivity index (χ3n) is 6.51. The molecule has 0 spiro atoms. The molecule has 2 aromatic rings. The molecule has 0 amide bonds. The van der Waals surface area contributed by atoms with Crippen LogP contribution in [0.3, 0.4) is 0 Å². The summed E-state index contributed by atoms with van der Waals surface area (Å²) in [6.07, 6.45) is 0. The third kappa shape index (κ3) is 6.10. The van der Waals surface area contributed by atoms with Gasteiger partial charge in [0, 0.05) is 53.5 Å². The SMILES string of the molecule is Cc1c(C)n(C(C)C)c(=NC(=NCC(C)(C)C)N=c2n(C(C)C)c(C)c(C)n2C(C)C)n1C(C)C. The van der Waals surface area contributed by atoms with Crippen LogP contribution in [0.2, 0.25) is 0 Å². The molecule has 7 nitrogen and oxygen atoms in total. The molecule has 0 unspecified atom stereocenters. The molecule has 198 valence electrons. The summed E-state index contributed by atoms with van der Waals surface area (Å²) in [5.41, 5.74) is 6.79. The van der Waals surface area contributed by atoms with Crippen molar-refractivity contribution < 1.29 is 0 Å². The van der Waals surface area contributed by atoms with Gasteiger partial charge in [-0.15, -0.1) is 0 Å². The van der Waals surface area contributed by atoms with E-state index in [1.807, 2.05) is 0 Å². The van der Waals surface area contributed by atoms with Crippen LogP contribution in [0.25, 0.3) is 0 Å². The van der Waals surface area contributed by atoms with Crippen molar-refractivity contribution in [2.45, 2.75) is 128 Å². The highest BCUT2D eigenvalue weighted by Gasteiger charge is 2.20. The van der Waals surface area contributed by atoms with Crippen LogP contribution in [0.1, 0.15) is 123 Å². The van der Waals surface area contributed by atoms with Gasteiger partial charge < -0.3 is 18.3 Å². The van der Waals surface area contributed by atoms with E-state index in [4.69, 9.17) is 15.0 Å². The van der Waals surface area contributed by atoms with Gasteiger partial charge in [-0.1, -0.05) is 20.8 Å². The van der Waals surface area contributed by atoms with Gasteiger partial charge in [0.25, 0.3) is 5.96 Å². The Balaban J connectivity index is 3.07. The number of hydrogen-bond acceptors (Lipinski definition) is 1. The molecule has 0 aromatic carbocycles. The molecule has 0 saturated carbocycles. The lowest BCUT2D eigenvalue weighted by Gasteiger charge is -2.16. The van der Waals surface area contributed by atoms with E-state index < -0.39 is 0 Å². The smallest absolute Gasteiger partial charge is 0.251 e. The Morgan fingerprint density at radius 3 is 1.03 bits per heavy atom. The average Bonchev–Trinajstić information content (AvgIpc) is 3.09. The number of aliphatic imine (C=N–C) groups is 1. The Kier molecular flexibility index (Phi) is 8.88. The molecular weight excluding hydrogens is 434 g/mol. The van der Waals surface area contributed by atoms with Crippen molar-refractivity contribution in [2.75, 3.05) is 6.54 Å². The molecule has 0 aliphatic carbocycles. The number of nitrogens with zero attached hydrogens (tertiary/aromatic N) is 7. The molecule has 0 saturated heterocycles. The van der Waals surface area contributed by atoms with Crippen LogP contribution in [0.4, 0.5) is 0 Å². The van der Waals surface area contributed by atoms with E-state index in [-0.39, 0.29) is 29.6 Å². The number of rotatable bonds is 5. The summed E-state index contributed by atoms with van der Waals surface area (Å²) in [7, 11) is 0. The van der Waals surface area contributed by atoms with E-state index in [0.717, 1.165) is 11.2 Å². The van der Waals surface area contributed by atoms with Crippen LogP contribution >= 0.6 is 0 Å². The lowest BCUT2D eigenvalue weighted by molar-refractivity contribution is 0.428. The topological polar surface area (TPSA) is 56.8 Å². The summed E-state index contributed by atoms with van der Waals surface area (Å²) in [6.45, 7) is 33.7. The highest BCUT2D eigenvalue weighted by molar-refractivity contribution is 5.81. The summed E-state index contributed by atoms with van der Waals surface area (Å²) < 4.78 is 9.25. The van der Waals surface area contributed by atoms with Gasteiger partial charge in [0.15, 0.2) is 0 Å². The minimum Gasteiger partial charge on any atom is -0.312 e. The van der Waals surface area contributed by atoms with Gasteiger partial charge in [0.1, 0.15) is 0 Å². The molecular formula is C28H51N7. The molecule has 2 heterocycles. The van der Waals surface area contributed by atoms with E-state index in [9.17, 15) is 0 Å². The molecule has 0 aliphatic heterocycles. The summed E-state index contributed by atoms with van der Waals surface area (Å²) in [6, 6.07) is 1.11. The zero-order valence-corrected chi connectivity index (χ0v) is 25.1. The van der Waals surface area contributed by atoms with Crippen molar-refractivity contribution in [2.24, 2.45) is 20.4 Å². The van der Waals surface area contributed by atoms with Crippen LogP contribution in [-0.4, -0.2) is 30.8 Å².